The van der Waals surface area contributed by atoms with Gasteiger partial charge in [-0.2, -0.15) is 0 Å². The normalized spacial score (nSPS) is 10.1. The van der Waals surface area contributed by atoms with Crippen LogP contribution >= 0.6 is 24.0 Å². The molecule has 0 fully saturated rings. The molecule has 118 valence electrons. The van der Waals surface area contributed by atoms with Crippen LogP contribution in [-0.4, -0.2) is 41.5 Å². The molecule has 5 nitrogen and oxygen atoms in total. The second-order valence-corrected chi connectivity index (χ2v) is 4.71. The van der Waals surface area contributed by atoms with E-state index in [1.807, 2.05) is 6.92 Å². The molecule has 0 aliphatic rings. The molecule has 0 unspecified atom stereocenters. The van der Waals surface area contributed by atoms with Gasteiger partial charge in [-0.3, -0.25) is 14.5 Å². The van der Waals surface area contributed by atoms with Crippen LogP contribution in [0.2, 0.25) is 5.02 Å². The molecule has 0 spiro atoms. The van der Waals surface area contributed by atoms with Crippen molar-refractivity contribution in [2.24, 2.45) is 0 Å². The minimum absolute atomic E-state index is 0. The van der Waals surface area contributed by atoms with Crippen LogP contribution in [-0.2, 0) is 9.59 Å². The zero-order chi connectivity index (χ0) is 15.1. The molecule has 2 N–H and O–H groups in total. The average Bonchev–Trinajstić information content (AvgIpc) is 2.33. The molecule has 0 atom stereocenters. The number of carbonyl (C=O) groups excluding carboxylic acids is 1. The van der Waals surface area contributed by atoms with Gasteiger partial charge in [0.1, 0.15) is 5.82 Å². The zero-order valence-corrected chi connectivity index (χ0v) is 13.0. The van der Waals surface area contributed by atoms with Gasteiger partial charge in [-0.1, -0.05) is 18.5 Å². The van der Waals surface area contributed by atoms with Crippen molar-refractivity contribution in [1.29, 1.82) is 0 Å². The van der Waals surface area contributed by atoms with Gasteiger partial charge in [0.2, 0.25) is 5.91 Å². The van der Waals surface area contributed by atoms with Crippen LogP contribution in [0.4, 0.5) is 10.1 Å². The number of carboxylic acids is 1. The van der Waals surface area contributed by atoms with Crippen LogP contribution in [0.5, 0.6) is 0 Å². The molecule has 1 amide bonds. The summed E-state index contributed by atoms with van der Waals surface area (Å²) in [6.45, 7) is 1.99. The van der Waals surface area contributed by atoms with E-state index in [1.54, 1.807) is 0 Å². The summed E-state index contributed by atoms with van der Waals surface area (Å²) in [5.74, 6) is -2.09. The molecule has 8 heteroatoms. The summed E-state index contributed by atoms with van der Waals surface area (Å²) in [5.41, 5.74) is -0.0192. The van der Waals surface area contributed by atoms with Crippen molar-refractivity contribution in [3.8, 4) is 0 Å². The lowest BCUT2D eigenvalue weighted by molar-refractivity contribution is -0.138. The van der Waals surface area contributed by atoms with Gasteiger partial charge < -0.3 is 10.4 Å². The van der Waals surface area contributed by atoms with Crippen LogP contribution in [0.15, 0.2) is 18.2 Å². The Labute approximate surface area is 133 Å². The first-order chi connectivity index (χ1) is 9.42. The summed E-state index contributed by atoms with van der Waals surface area (Å²) in [6, 6.07) is 3.83. The van der Waals surface area contributed by atoms with Crippen molar-refractivity contribution in [2.75, 3.05) is 25.0 Å². The van der Waals surface area contributed by atoms with Gasteiger partial charge in [0.05, 0.1) is 18.8 Å². The van der Waals surface area contributed by atoms with Gasteiger partial charge in [-0.25, -0.2) is 4.39 Å². The van der Waals surface area contributed by atoms with Gasteiger partial charge in [-0.15, -0.1) is 12.4 Å². The molecule has 0 saturated carbocycles. The number of hydrogen-bond acceptors (Lipinski definition) is 3. The van der Waals surface area contributed by atoms with Crippen LogP contribution in [0, 0.1) is 5.82 Å². The van der Waals surface area contributed by atoms with E-state index in [0.717, 1.165) is 6.07 Å². The SMILES string of the molecule is CCCN(CC(=O)O)CC(=O)Nc1cc(Cl)ccc1F.Cl. The maximum atomic E-state index is 13.4. The molecule has 0 heterocycles. The van der Waals surface area contributed by atoms with Crippen LogP contribution < -0.4 is 5.32 Å². The number of nitrogens with one attached hydrogen (secondary N) is 1. The Kier molecular flexibility index (Phi) is 8.92. The molecule has 1 aromatic rings. The van der Waals surface area contributed by atoms with Gasteiger partial charge in [-0.05, 0) is 31.2 Å². The smallest absolute Gasteiger partial charge is 0.317 e. The molecule has 0 radical (unpaired) electrons. The van der Waals surface area contributed by atoms with Crippen molar-refractivity contribution in [2.45, 2.75) is 13.3 Å². The van der Waals surface area contributed by atoms with Crippen molar-refractivity contribution in [3.05, 3.63) is 29.0 Å². The van der Waals surface area contributed by atoms with Crippen molar-refractivity contribution < 1.29 is 19.1 Å². The molecule has 0 aromatic heterocycles. The fraction of sp³-hybridized carbons (Fsp3) is 0.385. The van der Waals surface area contributed by atoms with Crippen molar-refractivity contribution in [3.63, 3.8) is 0 Å². The summed E-state index contributed by atoms with van der Waals surface area (Å²) >= 11 is 5.72. The van der Waals surface area contributed by atoms with E-state index in [9.17, 15) is 14.0 Å². The molecule has 1 aromatic carbocycles. The Bertz CT molecular complexity index is 500. The number of carbonyl (C=O) groups is 2. The maximum absolute atomic E-state index is 13.4. The summed E-state index contributed by atoms with van der Waals surface area (Å²) in [7, 11) is 0. The first kappa shape index (κ1) is 19.6. The van der Waals surface area contributed by atoms with Gasteiger partial charge in [0.15, 0.2) is 0 Å². The number of anilines is 1. The van der Waals surface area contributed by atoms with Gasteiger partial charge >= 0.3 is 5.97 Å². The summed E-state index contributed by atoms with van der Waals surface area (Å²) in [6.07, 6.45) is 0.714. The number of carboxylic acid groups (broad SMARTS) is 1. The van der Waals surface area contributed by atoms with E-state index in [1.165, 1.54) is 17.0 Å². The third-order valence-corrected chi connectivity index (χ3v) is 2.70. The number of hydrogen-bond donors (Lipinski definition) is 2. The maximum Gasteiger partial charge on any atom is 0.317 e. The first-order valence-corrected chi connectivity index (χ1v) is 6.49. The summed E-state index contributed by atoms with van der Waals surface area (Å²) in [5, 5.41) is 11.4. The predicted molar refractivity (Wildman–Crippen MR) is 81.7 cm³/mol. The van der Waals surface area contributed by atoms with Gasteiger partial charge in [0, 0.05) is 5.02 Å². The molecular formula is C13H17Cl2FN2O3. The number of nitrogens with zero attached hydrogens (tertiary/aromatic N) is 1. The second kappa shape index (κ2) is 9.55. The topological polar surface area (TPSA) is 69.6 Å². The number of benzene rings is 1. The predicted octanol–water partition coefficient (Wildman–Crippen LogP) is 2.64. The molecule has 0 saturated heterocycles. The fourth-order valence-electron chi connectivity index (χ4n) is 1.71. The monoisotopic (exact) mass is 338 g/mol. The second-order valence-electron chi connectivity index (χ2n) is 4.28. The van der Waals surface area contributed by atoms with E-state index < -0.39 is 17.7 Å². The quantitative estimate of drug-likeness (QED) is 0.801. The highest BCUT2D eigenvalue weighted by molar-refractivity contribution is 6.30. The molecule has 0 aliphatic carbocycles. The number of aliphatic carboxylic acids is 1. The fourth-order valence-corrected chi connectivity index (χ4v) is 1.88. The Hall–Kier alpha value is -1.37. The lowest BCUT2D eigenvalue weighted by atomic mass is 10.3. The van der Waals surface area contributed by atoms with Crippen molar-refractivity contribution >= 4 is 41.6 Å². The zero-order valence-electron chi connectivity index (χ0n) is 11.4. The highest BCUT2D eigenvalue weighted by Gasteiger charge is 2.14. The average molecular weight is 339 g/mol. The Morgan fingerprint density at radius 2 is 2.05 bits per heavy atom. The number of halogens is 3. The van der Waals surface area contributed by atoms with E-state index in [0.29, 0.717) is 18.0 Å². The Balaban J connectivity index is 0.00000400. The summed E-state index contributed by atoms with van der Waals surface area (Å²) < 4.78 is 13.4. The Morgan fingerprint density at radius 3 is 2.62 bits per heavy atom. The molecule has 21 heavy (non-hydrogen) atoms. The first-order valence-electron chi connectivity index (χ1n) is 6.11. The van der Waals surface area contributed by atoms with Crippen LogP contribution in [0.3, 0.4) is 0 Å². The lowest BCUT2D eigenvalue weighted by Gasteiger charge is -2.18. The Morgan fingerprint density at radius 1 is 1.38 bits per heavy atom. The largest absolute Gasteiger partial charge is 0.480 e. The van der Waals surface area contributed by atoms with Crippen LogP contribution in [0.25, 0.3) is 0 Å². The van der Waals surface area contributed by atoms with E-state index in [4.69, 9.17) is 16.7 Å². The third-order valence-electron chi connectivity index (χ3n) is 2.47. The minimum Gasteiger partial charge on any atom is -0.480 e. The van der Waals surface area contributed by atoms with Crippen LogP contribution in [0.1, 0.15) is 13.3 Å². The van der Waals surface area contributed by atoms with Crippen molar-refractivity contribution in [1.82, 2.24) is 4.90 Å². The molecule has 0 aliphatic heterocycles. The van der Waals surface area contributed by atoms with E-state index in [2.05, 4.69) is 5.32 Å². The van der Waals surface area contributed by atoms with Gasteiger partial charge in [0.25, 0.3) is 0 Å². The highest BCUT2D eigenvalue weighted by atomic mass is 35.5. The van der Waals surface area contributed by atoms with E-state index >= 15 is 0 Å². The standard InChI is InChI=1S/C13H16ClFN2O3.ClH/c1-2-5-17(8-13(19)20)7-12(18)16-11-6-9(14)3-4-10(11)15;/h3-4,6H,2,5,7-8H2,1H3,(H,16,18)(H,19,20);1H. The minimum atomic E-state index is -1.01. The molecule has 0 bridgehead atoms. The third kappa shape index (κ3) is 7.27. The molecular weight excluding hydrogens is 322 g/mol. The summed E-state index contributed by atoms with van der Waals surface area (Å²) in [4.78, 5) is 23.9. The number of rotatable bonds is 7. The van der Waals surface area contributed by atoms with E-state index in [-0.39, 0.29) is 31.2 Å². The lowest BCUT2D eigenvalue weighted by Crippen LogP contribution is -2.37. The number of amides is 1. The highest BCUT2D eigenvalue weighted by Crippen LogP contribution is 2.19. The molecule has 1 rings (SSSR count).